The van der Waals surface area contributed by atoms with Gasteiger partial charge in [-0.1, -0.05) is 6.92 Å². The number of likely N-dealkylation sites (tertiary alicyclic amines) is 1. The Hall–Kier alpha value is -0.810. The lowest BCUT2D eigenvalue weighted by atomic mass is 10.1. The van der Waals surface area contributed by atoms with E-state index in [0.29, 0.717) is 19.1 Å². The molecule has 2 aliphatic heterocycles. The number of morpholine rings is 1. The molecule has 0 aromatic rings. The average molecular weight is 283 g/mol. The summed E-state index contributed by atoms with van der Waals surface area (Å²) >= 11 is 0. The summed E-state index contributed by atoms with van der Waals surface area (Å²) in [5.41, 5.74) is 0. The van der Waals surface area contributed by atoms with Crippen LogP contribution in [0.3, 0.4) is 0 Å². The van der Waals surface area contributed by atoms with Crippen LogP contribution in [0, 0.1) is 0 Å². The maximum Gasteiger partial charge on any atom is 0.317 e. The summed E-state index contributed by atoms with van der Waals surface area (Å²) in [6.45, 7) is 11.1. The molecule has 0 spiro atoms. The molecular formula is C15H29N3O2. The molecule has 0 saturated carbocycles. The monoisotopic (exact) mass is 283 g/mol. The first-order valence-corrected chi connectivity index (χ1v) is 8.01. The third-order valence-electron chi connectivity index (χ3n) is 4.16. The molecule has 0 aliphatic carbocycles. The molecular weight excluding hydrogens is 254 g/mol. The summed E-state index contributed by atoms with van der Waals surface area (Å²) in [5, 5.41) is 3.20. The second-order valence-electron chi connectivity index (χ2n) is 6.23. The summed E-state index contributed by atoms with van der Waals surface area (Å²) < 4.78 is 5.67. The van der Waals surface area contributed by atoms with E-state index in [1.54, 1.807) is 0 Å². The number of amides is 2. The van der Waals surface area contributed by atoms with E-state index in [9.17, 15) is 4.79 Å². The predicted octanol–water partition coefficient (Wildman–Crippen LogP) is 1.68. The van der Waals surface area contributed by atoms with Crippen molar-refractivity contribution in [2.75, 3.05) is 32.7 Å². The van der Waals surface area contributed by atoms with Crippen LogP contribution in [0.15, 0.2) is 0 Å². The van der Waals surface area contributed by atoms with E-state index in [1.807, 2.05) is 18.7 Å². The summed E-state index contributed by atoms with van der Waals surface area (Å²) in [5.74, 6) is 0. The average Bonchev–Trinajstić information content (AvgIpc) is 2.40. The highest BCUT2D eigenvalue weighted by Gasteiger charge is 2.28. The van der Waals surface area contributed by atoms with Gasteiger partial charge in [-0.2, -0.15) is 0 Å². The van der Waals surface area contributed by atoms with Crippen LogP contribution >= 0.6 is 0 Å². The molecule has 0 aromatic heterocycles. The van der Waals surface area contributed by atoms with Gasteiger partial charge in [0, 0.05) is 32.2 Å². The first-order valence-electron chi connectivity index (χ1n) is 8.01. The number of ether oxygens (including phenoxy) is 1. The highest BCUT2D eigenvalue weighted by molar-refractivity contribution is 5.74. The summed E-state index contributed by atoms with van der Waals surface area (Å²) in [6, 6.07) is 0.421. The molecule has 2 aliphatic rings. The summed E-state index contributed by atoms with van der Waals surface area (Å²) in [6.07, 6.45) is 3.62. The first kappa shape index (κ1) is 15.6. The van der Waals surface area contributed by atoms with Crippen LogP contribution in [-0.4, -0.2) is 66.8 Å². The molecule has 116 valence electrons. The third-order valence-corrected chi connectivity index (χ3v) is 4.16. The molecule has 0 bridgehead atoms. The van der Waals surface area contributed by atoms with Gasteiger partial charge in [-0.15, -0.1) is 0 Å². The molecule has 5 nitrogen and oxygen atoms in total. The Morgan fingerprint density at radius 1 is 1.20 bits per heavy atom. The van der Waals surface area contributed by atoms with Gasteiger partial charge in [-0.05, 0) is 39.7 Å². The van der Waals surface area contributed by atoms with Crippen LogP contribution in [0.4, 0.5) is 4.79 Å². The Labute approximate surface area is 122 Å². The highest BCUT2D eigenvalue weighted by atomic mass is 16.5. The first-order chi connectivity index (χ1) is 9.58. The molecule has 20 heavy (non-hydrogen) atoms. The number of nitrogens with zero attached hydrogens (tertiary/aromatic N) is 2. The smallest absolute Gasteiger partial charge is 0.317 e. The predicted molar refractivity (Wildman–Crippen MR) is 79.9 cm³/mol. The molecule has 0 radical (unpaired) electrons. The lowest BCUT2D eigenvalue weighted by Crippen LogP contribution is -2.54. The zero-order valence-corrected chi connectivity index (χ0v) is 13.1. The molecule has 5 heteroatoms. The molecule has 2 fully saturated rings. The molecule has 0 aromatic carbocycles. The van der Waals surface area contributed by atoms with Gasteiger partial charge < -0.3 is 19.9 Å². The number of hydrogen-bond donors (Lipinski definition) is 1. The second-order valence-corrected chi connectivity index (χ2v) is 6.23. The zero-order valence-electron chi connectivity index (χ0n) is 13.1. The lowest BCUT2D eigenvalue weighted by Gasteiger charge is -2.37. The molecule has 2 atom stereocenters. The Bertz CT molecular complexity index is 306. The Morgan fingerprint density at radius 3 is 2.35 bits per heavy atom. The maximum absolute atomic E-state index is 12.3. The molecule has 1 N–H and O–H groups in total. The van der Waals surface area contributed by atoms with E-state index in [4.69, 9.17) is 4.74 Å². The quantitative estimate of drug-likeness (QED) is 0.857. The topological polar surface area (TPSA) is 44.8 Å². The second kappa shape index (κ2) is 7.27. The molecule has 2 amide bonds. The van der Waals surface area contributed by atoms with Crippen molar-refractivity contribution in [2.45, 2.75) is 58.3 Å². The Morgan fingerprint density at radius 2 is 1.80 bits per heavy atom. The van der Waals surface area contributed by atoms with Gasteiger partial charge in [0.15, 0.2) is 0 Å². The van der Waals surface area contributed by atoms with Crippen molar-refractivity contribution < 1.29 is 9.53 Å². The number of urea groups is 1. The van der Waals surface area contributed by atoms with Crippen molar-refractivity contribution in [1.82, 2.24) is 15.1 Å². The highest BCUT2D eigenvalue weighted by Crippen LogP contribution is 2.14. The van der Waals surface area contributed by atoms with Crippen molar-refractivity contribution >= 4 is 6.03 Å². The van der Waals surface area contributed by atoms with E-state index >= 15 is 0 Å². The van der Waals surface area contributed by atoms with Crippen LogP contribution in [0.5, 0.6) is 0 Å². The van der Waals surface area contributed by atoms with Crippen LogP contribution in [0.2, 0.25) is 0 Å². The number of carbonyl (C=O) groups is 1. The molecule has 2 rings (SSSR count). The van der Waals surface area contributed by atoms with Crippen molar-refractivity contribution in [3.8, 4) is 0 Å². The van der Waals surface area contributed by atoms with Crippen LogP contribution in [0.25, 0.3) is 0 Å². The fourth-order valence-electron chi connectivity index (χ4n) is 3.23. The standard InChI is InChI=1S/C15H29N3O2/c1-4-7-17-8-5-14(6-9-17)16-15(19)18-10-12(2)20-13(3)11-18/h12-14H,4-11H2,1-3H3,(H,16,19). The summed E-state index contributed by atoms with van der Waals surface area (Å²) in [4.78, 5) is 16.7. The number of carbonyl (C=O) groups excluding carboxylic acids is 1. The minimum absolute atomic E-state index is 0.0842. The van der Waals surface area contributed by atoms with Gasteiger partial charge in [-0.3, -0.25) is 0 Å². The van der Waals surface area contributed by atoms with E-state index in [1.165, 1.54) is 13.0 Å². The van der Waals surface area contributed by atoms with E-state index in [-0.39, 0.29) is 18.2 Å². The maximum atomic E-state index is 12.3. The number of piperidine rings is 1. The fraction of sp³-hybridized carbons (Fsp3) is 0.933. The Kier molecular flexibility index (Phi) is 5.66. The van der Waals surface area contributed by atoms with Gasteiger partial charge in [-0.25, -0.2) is 4.79 Å². The normalized spacial score (nSPS) is 29.4. The Balaban J connectivity index is 1.75. The van der Waals surface area contributed by atoms with Gasteiger partial charge in [0.05, 0.1) is 12.2 Å². The molecule has 2 saturated heterocycles. The molecule has 2 unspecified atom stereocenters. The number of nitrogens with one attached hydrogen (secondary N) is 1. The minimum atomic E-state index is 0.0842. The van der Waals surface area contributed by atoms with E-state index < -0.39 is 0 Å². The van der Waals surface area contributed by atoms with Gasteiger partial charge >= 0.3 is 6.03 Å². The van der Waals surface area contributed by atoms with Crippen molar-refractivity contribution in [2.24, 2.45) is 0 Å². The minimum Gasteiger partial charge on any atom is -0.372 e. The van der Waals surface area contributed by atoms with Gasteiger partial charge in [0.25, 0.3) is 0 Å². The van der Waals surface area contributed by atoms with Crippen LogP contribution in [-0.2, 0) is 4.74 Å². The van der Waals surface area contributed by atoms with E-state index in [0.717, 1.165) is 25.9 Å². The number of hydrogen-bond acceptors (Lipinski definition) is 3. The van der Waals surface area contributed by atoms with Gasteiger partial charge in [0.1, 0.15) is 0 Å². The van der Waals surface area contributed by atoms with Crippen LogP contribution in [0.1, 0.15) is 40.0 Å². The van der Waals surface area contributed by atoms with E-state index in [2.05, 4.69) is 17.1 Å². The van der Waals surface area contributed by atoms with Crippen molar-refractivity contribution in [1.29, 1.82) is 0 Å². The fourth-order valence-corrected chi connectivity index (χ4v) is 3.23. The largest absolute Gasteiger partial charge is 0.372 e. The zero-order chi connectivity index (χ0) is 14.5. The SMILES string of the molecule is CCCN1CCC(NC(=O)N2CC(C)OC(C)C2)CC1. The summed E-state index contributed by atoms with van der Waals surface area (Å²) in [7, 11) is 0. The van der Waals surface area contributed by atoms with Gasteiger partial charge in [0.2, 0.25) is 0 Å². The van der Waals surface area contributed by atoms with Crippen LogP contribution < -0.4 is 5.32 Å². The van der Waals surface area contributed by atoms with Crippen molar-refractivity contribution in [3.05, 3.63) is 0 Å². The molecule has 2 heterocycles. The third kappa shape index (κ3) is 4.35. The lowest BCUT2D eigenvalue weighted by molar-refractivity contribution is -0.0549. The number of rotatable bonds is 3. The van der Waals surface area contributed by atoms with Crippen molar-refractivity contribution in [3.63, 3.8) is 0 Å².